The van der Waals surface area contributed by atoms with Gasteiger partial charge in [-0.2, -0.15) is 0 Å². The van der Waals surface area contributed by atoms with Crippen LogP contribution in [0.4, 0.5) is 0 Å². The van der Waals surface area contributed by atoms with Crippen LogP contribution in [0.1, 0.15) is 27.2 Å². The molecule has 2 unspecified atom stereocenters. The molecule has 0 fully saturated rings. The monoisotopic (exact) mass is 214 g/mol. The lowest BCUT2D eigenvalue weighted by Gasteiger charge is -2.30. The van der Waals surface area contributed by atoms with Gasteiger partial charge in [0.05, 0.1) is 6.61 Å². The topological polar surface area (TPSA) is 78.3 Å². The molecule has 2 atom stereocenters. The summed E-state index contributed by atoms with van der Waals surface area (Å²) in [4.78, 5) is 11.5. The molecule has 0 aromatic carbocycles. The Morgan fingerprint density at radius 2 is 2.07 bits per heavy atom. The second-order valence-corrected chi connectivity index (χ2v) is 4.00. The number of esters is 1. The zero-order valence-electron chi connectivity index (χ0n) is 9.82. The molecule has 4 N–H and O–H groups in total. The van der Waals surface area contributed by atoms with Crippen molar-refractivity contribution in [1.82, 2.24) is 0 Å². The quantitative estimate of drug-likeness (QED) is 0.393. The molecule has 15 heavy (non-hydrogen) atoms. The van der Waals surface area contributed by atoms with E-state index in [0.717, 1.165) is 6.42 Å². The summed E-state index contributed by atoms with van der Waals surface area (Å²) in [6, 6.07) is 0. The number of allylic oxidation sites excluding steroid dienone is 1. The number of nitrogens with two attached hydrogens (primary N) is 2. The van der Waals surface area contributed by atoms with E-state index in [0.29, 0.717) is 6.61 Å². The molecule has 4 heteroatoms. The summed E-state index contributed by atoms with van der Waals surface area (Å²) >= 11 is 0. The van der Waals surface area contributed by atoms with Crippen molar-refractivity contribution in [2.75, 3.05) is 6.61 Å². The van der Waals surface area contributed by atoms with Gasteiger partial charge < -0.3 is 16.2 Å². The lowest BCUT2D eigenvalue weighted by atomic mass is 9.87. The van der Waals surface area contributed by atoms with E-state index in [1.165, 1.54) is 0 Å². The van der Waals surface area contributed by atoms with Crippen LogP contribution in [-0.2, 0) is 9.53 Å². The maximum Gasteiger partial charge on any atom is 0.341 e. The first kappa shape index (κ1) is 14.1. The predicted molar refractivity (Wildman–Crippen MR) is 60.9 cm³/mol. The molecule has 88 valence electrons. The molecule has 0 aromatic heterocycles. The second-order valence-electron chi connectivity index (χ2n) is 4.00. The minimum atomic E-state index is -1.41. The molecule has 0 amide bonds. The summed E-state index contributed by atoms with van der Waals surface area (Å²) in [6.07, 6.45) is 2.53. The number of hydrogen-bond acceptors (Lipinski definition) is 4. The van der Waals surface area contributed by atoms with Gasteiger partial charge in [-0.1, -0.05) is 19.9 Å². The van der Waals surface area contributed by atoms with Crippen molar-refractivity contribution in [1.29, 1.82) is 0 Å². The summed E-state index contributed by atoms with van der Waals surface area (Å²) in [6.45, 7) is 9.55. The van der Waals surface area contributed by atoms with Gasteiger partial charge >= 0.3 is 5.97 Å². The van der Waals surface area contributed by atoms with Crippen LogP contribution in [0.25, 0.3) is 0 Å². The number of carbonyl (C=O) groups is 1. The van der Waals surface area contributed by atoms with Crippen molar-refractivity contribution in [2.24, 2.45) is 23.3 Å². The van der Waals surface area contributed by atoms with Crippen LogP contribution < -0.4 is 11.5 Å². The van der Waals surface area contributed by atoms with Crippen LogP contribution >= 0.6 is 0 Å². The van der Waals surface area contributed by atoms with Gasteiger partial charge in [0.15, 0.2) is 5.66 Å². The molecule has 0 radical (unpaired) electrons. The Kier molecular flexibility index (Phi) is 5.54. The second kappa shape index (κ2) is 5.88. The Hall–Kier alpha value is -0.870. The van der Waals surface area contributed by atoms with Gasteiger partial charge in [0, 0.05) is 0 Å². The maximum atomic E-state index is 11.5. The van der Waals surface area contributed by atoms with Crippen molar-refractivity contribution < 1.29 is 9.53 Å². The molecule has 0 aliphatic heterocycles. The van der Waals surface area contributed by atoms with E-state index < -0.39 is 11.6 Å². The third-order valence-corrected chi connectivity index (χ3v) is 2.57. The fraction of sp³-hybridized carbons (Fsp3) is 0.727. The molecule has 0 saturated heterocycles. The normalized spacial score (nSPS) is 15.5. The van der Waals surface area contributed by atoms with Crippen LogP contribution in [0.2, 0.25) is 0 Å². The van der Waals surface area contributed by atoms with Crippen molar-refractivity contribution in [3.05, 3.63) is 12.7 Å². The number of rotatable bonds is 6. The van der Waals surface area contributed by atoms with Gasteiger partial charge in [-0.05, 0) is 25.2 Å². The lowest BCUT2D eigenvalue weighted by molar-refractivity contribution is -0.151. The Morgan fingerprint density at radius 1 is 1.53 bits per heavy atom. The smallest absolute Gasteiger partial charge is 0.341 e. The van der Waals surface area contributed by atoms with E-state index in [9.17, 15) is 4.79 Å². The van der Waals surface area contributed by atoms with Crippen molar-refractivity contribution in [3.63, 3.8) is 0 Å². The zero-order chi connectivity index (χ0) is 12.1. The third kappa shape index (κ3) is 4.01. The first-order valence-electron chi connectivity index (χ1n) is 5.23. The van der Waals surface area contributed by atoms with Gasteiger partial charge in [-0.25, -0.2) is 4.79 Å². The minimum Gasteiger partial charge on any atom is -0.464 e. The summed E-state index contributed by atoms with van der Waals surface area (Å²) < 4.78 is 4.83. The highest BCUT2D eigenvalue weighted by Gasteiger charge is 2.37. The van der Waals surface area contributed by atoms with Gasteiger partial charge in [-0.3, -0.25) is 0 Å². The standard InChI is InChI=1S/C11H22N2O2/c1-5-8(3)7-9(4)11(12,13)10(14)15-6-2/h5,8-9H,1,6-7,12-13H2,2-4H3. The fourth-order valence-corrected chi connectivity index (χ4v) is 1.31. The summed E-state index contributed by atoms with van der Waals surface area (Å²) in [7, 11) is 0. The molecule has 0 rings (SSSR count). The van der Waals surface area contributed by atoms with E-state index in [1.54, 1.807) is 6.92 Å². The lowest BCUT2D eigenvalue weighted by Crippen LogP contribution is -2.62. The summed E-state index contributed by atoms with van der Waals surface area (Å²) in [5.41, 5.74) is 10.1. The Morgan fingerprint density at radius 3 is 2.47 bits per heavy atom. The van der Waals surface area contributed by atoms with E-state index in [2.05, 4.69) is 6.58 Å². The Bertz CT molecular complexity index is 227. The Balaban J connectivity index is 4.42. The molecule has 0 aromatic rings. The zero-order valence-corrected chi connectivity index (χ0v) is 9.82. The third-order valence-electron chi connectivity index (χ3n) is 2.57. The molecule has 0 bridgehead atoms. The van der Waals surface area contributed by atoms with Crippen LogP contribution in [0.15, 0.2) is 12.7 Å². The highest BCUT2D eigenvalue weighted by atomic mass is 16.5. The molecule has 0 aliphatic rings. The molecule has 4 nitrogen and oxygen atoms in total. The largest absolute Gasteiger partial charge is 0.464 e. The van der Waals surface area contributed by atoms with Crippen LogP contribution in [-0.4, -0.2) is 18.2 Å². The molecule has 0 spiro atoms. The summed E-state index contributed by atoms with van der Waals surface area (Å²) in [5, 5.41) is 0. The van der Waals surface area contributed by atoms with E-state index in [-0.39, 0.29) is 11.8 Å². The van der Waals surface area contributed by atoms with Crippen LogP contribution in [0.3, 0.4) is 0 Å². The van der Waals surface area contributed by atoms with Crippen molar-refractivity contribution >= 4 is 5.97 Å². The molecule has 0 heterocycles. The fourth-order valence-electron chi connectivity index (χ4n) is 1.31. The van der Waals surface area contributed by atoms with E-state index >= 15 is 0 Å². The van der Waals surface area contributed by atoms with E-state index in [4.69, 9.17) is 16.2 Å². The van der Waals surface area contributed by atoms with Crippen LogP contribution in [0.5, 0.6) is 0 Å². The average Bonchev–Trinajstić information content (AvgIpc) is 2.17. The van der Waals surface area contributed by atoms with Gasteiger partial charge in [0.1, 0.15) is 0 Å². The maximum absolute atomic E-state index is 11.5. The average molecular weight is 214 g/mol. The molecule has 0 aliphatic carbocycles. The Labute approximate surface area is 91.7 Å². The molecular formula is C11H22N2O2. The van der Waals surface area contributed by atoms with Crippen LogP contribution in [0, 0.1) is 11.8 Å². The SMILES string of the molecule is C=CC(C)CC(C)C(N)(N)C(=O)OCC. The number of ether oxygens (including phenoxy) is 1. The van der Waals surface area contributed by atoms with Crippen molar-refractivity contribution in [3.8, 4) is 0 Å². The summed E-state index contributed by atoms with van der Waals surface area (Å²) in [5.74, 6) is -0.417. The molecular weight excluding hydrogens is 192 g/mol. The number of carbonyl (C=O) groups excluding carboxylic acids is 1. The number of hydrogen-bond donors (Lipinski definition) is 2. The molecule has 0 saturated carbocycles. The minimum absolute atomic E-state index is 0.149. The highest BCUT2D eigenvalue weighted by molar-refractivity contribution is 5.80. The van der Waals surface area contributed by atoms with Crippen molar-refractivity contribution in [2.45, 2.75) is 32.9 Å². The van der Waals surface area contributed by atoms with Gasteiger partial charge in [-0.15, -0.1) is 6.58 Å². The van der Waals surface area contributed by atoms with Gasteiger partial charge in [0.25, 0.3) is 0 Å². The first-order chi connectivity index (χ1) is 6.86. The first-order valence-corrected chi connectivity index (χ1v) is 5.23. The van der Waals surface area contributed by atoms with E-state index in [1.807, 2.05) is 19.9 Å². The predicted octanol–water partition coefficient (Wildman–Crippen LogP) is 1.01. The van der Waals surface area contributed by atoms with Gasteiger partial charge in [0.2, 0.25) is 0 Å². The highest BCUT2D eigenvalue weighted by Crippen LogP contribution is 2.20.